The standard InChI is InChI=1S/C19H17FN2O4S/c20-16-7-9-17(10-8-16)27(24,25)22-11-1-2-18(22)19(23)26-13-15-5-3-14(12-21)4-6-15/h3-10,18H,1-2,11,13H2/t18-/m0/s1. The highest BCUT2D eigenvalue weighted by molar-refractivity contribution is 7.89. The fraction of sp³-hybridized carbons (Fsp3) is 0.263. The van der Waals surface area contributed by atoms with Crippen molar-refractivity contribution in [2.75, 3.05) is 6.54 Å². The lowest BCUT2D eigenvalue weighted by atomic mass is 10.1. The molecule has 0 amide bonds. The van der Waals surface area contributed by atoms with Crippen LogP contribution in [0.15, 0.2) is 53.4 Å². The molecule has 0 aliphatic carbocycles. The van der Waals surface area contributed by atoms with E-state index in [0.717, 1.165) is 16.4 Å². The Morgan fingerprint density at radius 3 is 2.48 bits per heavy atom. The molecule has 0 unspecified atom stereocenters. The molecule has 1 fully saturated rings. The van der Waals surface area contributed by atoms with Crippen LogP contribution in [0.25, 0.3) is 0 Å². The smallest absolute Gasteiger partial charge is 0.324 e. The lowest BCUT2D eigenvalue weighted by Crippen LogP contribution is -2.41. The van der Waals surface area contributed by atoms with Gasteiger partial charge in [-0.1, -0.05) is 12.1 Å². The summed E-state index contributed by atoms with van der Waals surface area (Å²) in [6.45, 7) is 0.196. The Kier molecular flexibility index (Phi) is 5.54. The lowest BCUT2D eigenvalue weighted by molar-refractivity contribution is -0.148. The monoisotopic (exact) mass is 388 g/mol. The SMILES string of the molecule is N#Cc1ccc(COC(=O)[C@@H]2CCCN2S(=O)(=O)c2ccc(F)cc2)cc1. The summed E-state index contributed by atoms with van der Waals surface area (Å²) in [6.07, 6.45) is 0.906. The maximum absolute atomic E-state index is 13.1. The zero-order valence-corrected chi connectivity index (χ0v) is 15.2. The Hall–Kier alpha value is -2.76. The molecular weight excluding hydrogens is 371 g/mol. The van der Waals surface area contributed by atoms with Gasteiger partial charge < -0.3 is 4.74 Å². The third-order valence-electron chi connectivity index (χ3n) is 4.36. The van der Waals surface area contributed by atoms with Crippen LogP contribution in [0.3, 0.4) is 0 Å². The lowest BCUT2D eigenvalue weighted by Gasteiger charge is -2.22. The van der Waals surface area contributed by atoms with E-state index in [4.69, 9.17) is 10.00 Å². The van der Waals surface area contributed by atoms with E-state index in [-0.39, 0.29) is 18.0 Å². The number of carbonyl (C=O) groups is 1. The average Bonchev–Trinajstić information content (AvgIpc) is 3.18. The highest BCUT2D eigenvalue weighted by Gasteiger charge is 2.40. The van der Waals surface area contributed by atoms with Crippen LogP contribution in [0, 0.1) is 17.1 Å². The number of carbonyl (C=O) groups excluding carboxylic acids is 1. The first-order valence-corrected chi connectivity index (χ1v) is 9.79. The van der Waals surface area contributed by atoms with E-state index < -0.39 is 27.9 Å². The maximum Gasteiger partial charge on any atom is 0.324 e. The van der Waals surface area contributed by atoms with Crippen molar-refractivity contribution in [2.45, 2.75) is 30.4 Å². The maximum atomic E-state index is 13.1. The molecule has 1 aliphatic rings. The summed E-state index contributed by atoms with van der Waals surface area (Å²) >= 11 is 0. The predicted octanol–water partition coefficient (Wildman–Crippen LogP) is 2.59. The first-order chi connectivity index (χ1) is 12.9. The molecule has 1 saturated heterocycles. The Balaban J connectivity index is 1.70. The van der Waals surface area contributed by atoms with Crippen LogP contribution >= 0.6 is 0 Å². The van der Waals surface area contributed by atoms with Crippen LogP contribution in [0.2, 0.25) is 0 Å². The van der Waals surface area contributed by atoms with Crippen LogP contribution in [-0.2, 0) is 26.2 Å². The third-order valence-corrected chi connectivity index (χ3v) is 6.28. The molecule has 0 bridgehead atoms. The minimum Gasteiger partial charge on any atom is -0.460 e. The molecule has 0 aromatic heterocycles. The van der Waals surface area contributed by atoms with Crippen molar-refractivity contribution in [3.63, 3.8) is 0 Å². The molecule has 0 N–H and O–H groups in total. The van der Waals surface area contributed by atoms with Crippen molar-refractivity contribution in [1.82, 2.24) is 4.31 Å². The van der Waals surface area contributed by atoms with E-state index in [0.29, 0.717) is 24.0 Å². The topological polar surface area (TPSA) is 87.5 Å². The second kappa shape index (κ2) is 7.86. The molecule has 1 heterocycles. The van der Waals surface area contributed by atoms with Gasteiger partial charge in [0, 0.05) is 6.54 Å². The van der Waals surface area contributed by atoms with Gasteiger partial charge in [-0.05, 0) is 54.8 Å². The summed E-state index contributed by atoms with van der Waals surface area (Å²) < 4.78 is 45.0. The molecule has 2 aromatic carbocycles. The van der Waals surface area contributed by atoms with E-state index in [1.165, 1.54) is 12.1 Å². The number of esters is 1. The summed E-state index contributed by atoms with van der Waals surface area (Å²) in [5, 5.41) is 8.79. The largest absolute Gasteiger partial charge is 0.460 e. The molecule has 27 heavy (non-hydrogen) atoms. The van der Waals surface area contributed by atoms with Gasteiger partial charge in [0.25, 0.3) is 0 Å². The van der Waals surface area contributed by atoms with Gasteiger partial charge >= 0.3 is 5.97 Å². The van der Waals surface area contributed by atoms with Crippen molar-refractivity contribution in [1.29, 1.82) is 5.26 Å². The number of halogens is 1. The van der Waals surface area contributed by atoms with Gasteiger partial charge in [0.2, 0.25) is 10.0 Å². The number of nitriles is 1. The van der Waals surface area contributed by atoms with Crippen LogP contribution in [0.4, 0.5) is 4.39 Å². The van der Waals surface area contributed by atoms with Crippen molar-refractivity contribution >= 4 is 16.0 Å². The molecule has 0 radical (unpaired) electrons. The summed E-state index contributed by atoms with van der Waals surface area (Å²) in [5.41, 5.74) is 1.20. The quantitative estimate of drug-likeness (QED) is 0.735. The minimum atomic E-state index is -3.91. The van der Waals surface area contributed by atoms with Crippen molar-refractivity contribution in [3.05, 3.63) is 65.5 Å². The van der Waals surface area contributed by atoms with Gasteiger partial charge in [-0.25, -0.2) is 12.8 Å². The molecule has 8 heteroatoms. The van der Waals surface area contributed by atoms with Crippen LogP contribution in [-0.4, -0.2) is 31.3 Å². The summed E-state index contributed by atoms with van der Waals surface area (Å²) in [7, 11) is -3.91. The van der Waals surface area contributed by atoms with Gasteiger partial charge in [-0.15, -0.1) is 0 Å². The second-order valence-electron chi connectivity index (χ2n) is 6.14. The number of ether oxygens (including phenoxy) is 1. The van der Waals surface area contributed by atoms with E-state index in [1.54, 1.807) is 24.3 Å². The highest BCUT2D eigenvalue weighted by atomic mass is 32.2. The van der Waals surface area contributed by atoms with Crippen LogP contribution in [0.1, 0.15) is 24.0 Å². The number of hydrogen-bond donors (Lipinski definition) is 0. The number of sulfonamides is 1. The fourth-order valence-corrected chi connectivity index (χ4v) is 4.58. The van der Waals surface area contributed by atoms with Crippen molar-refractivity contribution < 1.29 is 22.3 Å². The third kappa shape index (κ3) is 4.15. The first kappa shape index (κ1) is 19.0. The summed E-state index contributed by atoms with van der Waals surface area (Å²) in [4.78, 5) is 12.4. The van der Waals surface area contributed by atoms with E-state index in [1.807, 2.05) is 6.07 Å². The Labute approximate surface area is 156 Å². The van der Waals surface area contributed by atoms with Gasteiger partial charge in [-0.3, -0.25) is 4.79 Å². The van der Waals surface area contributed by atoms with Crippen molar-refractivity contribution in [3.8, 4) is 6.07 Å². The fourth-order valence-electron chi connectivity index (χ4n) is 2.93. The Morgan fingerprint density at radius 2 is 1.85 bits per heavy atom. The molecule has 1 atom stereocenters. The van der Waals surface area contributed by atoms with Gasteiger partial charge in [0.1, 0.15) is 18.5 Å². The van der Waals surface area contributed by atoms with E-state index in [2.05, 4.69) is 0 Å². The molecule has 2 aromatic rings. The normalized spacial score (nSPS) is 17.4. The highest BCUT2D eigenvalue weighted by Crippen LogP contribution is 2.27. The number of benzene rings is 2. The number of nitrogens with zero attached hydrogens (tertiary/aromatic N) is 2. The number of rotatable bonds is 5. The number of hydrogen-bond acceptors (Lipinski definition) is 5. The van der Waals surface area contributed by atoms with Crippen LogP contribution < -0.4 is 0 Å². The van der Waals surface area contributed by atoms with E-state index in [9.17, 15) is 17.6 Å². The second-order valence-corrected chi connectivity index (χ2v) is 8.03. The molecular formula is C19H17FN2O4S. The molecule has 6 nitrogen and oxygen atoms in total. The van der Waals surface area contributed by atoms with Crippen molar-refractivity contribution in [2.24, 2.45) is 0 Å². The van der Waals surface area contributed by atoms with Gasteiger partial charge in [-0.2, -0.15) is 9.57 Å². The average molecular weight is 388 g/mol. The first-order valence-electron chi connectivity index (χ1n) is 8.35. The minimum absolute atomic E-state index is 0.00845. The molecule has 0 spiro atoms. The van der Waals surface area contributed by atoms with E-state index >= 15 is 0 Å². The predicted molar refractivity (Wildman–Crippen MR) is 94.3 cm³/mol. The summed E-state index contributed by atoms with van der Waals surface area (Å²) in [6, 6.07) is 12.2. The Bertz CT molecular complexity index is 966. The molecule has 140 valence electrons. The molecule has 3 rings (SSSR count). The van der Waals surface area contributed by atoms with Crippen LogP contribution in [0.5, 0.6) is 0 Å². The van der Waals surface area contributed by atoms with Gasteiger partial charge in [0.15, 0.2) is 0 Å². The Morgan fingerprint density at radius 1 is 1.19 bits per heavy atom. The summed E-state index contributed by atoms with van der Waals surface area (Å²) in [5.74, 6) is -1.16. The zero-order chi connectivity index (χ0) is 19.4. The van der Waals surface area contributed by atoms with Gasteiger partial charge in [0.05, 0.1) is 16.5 Å². The molecule has 0 saturated carbocycles. The zero-order valence-electron chi connectivity index (χ0n) is 14.3. The molecule has 1 aliphatic heterocycles.